The van der Waals surface area contributed by atoms with Gasteiger partial charge < -0.3 is 9.84 Å². The number of hydrogen-bond donors (Lipinski definition) is 1. The second kappa shape index (κ2) is 8.84. The maximum atomic E-state index is 8.92. The average molecular weight is 344 g/mol. The standard InChI is InChI=1S/C21H32N2O2/c1-17(2)8-9-23-15-19-6-7-20(23)16-22(14-19)13-18-4-3-5-21(12-18)25-11-10-24/h3-5,8,12,19-20,24H,6-7,9-11,13-16H2,1-2H3/t19-,20+/m0/s1. The number of allylic oxidation sites excluding steroid dienone is 1. The average Bonchev–Trinajstić information content (AvgIpc) is 2.89. The zero-order chi connectivity index (χ0) is 17.6. The molecule has 3 saturated heterocycles. The Balaban J connectivity index is 1.62. The summed E-state index contributed by atoms with van der Waals surface area (Å²) >= 11 is 0. The molecule has 4 heteroatoms. The van der Waals surface area contributed by atoms with E-state index in [-0.39, 0.29) is 6.61 Å². The molecule has 25 heavy (non-hydrogen) atoms. The van der Waals surface area contributed by atoms with Crippen LogP contribution in [0.3, 0.4) is 0 Å². The van der Waals surface area contributed by atoms with Gasteiger partial charge in [-0.25, -0.2) is 0 Å². The third kappa shape index (κ3) is 5.30. The molecular weight excluding hydrogens is 312 g/mol. The predicted molar refractivity (Wildman–Crippen MR) is 102 cm³/mol. The second-order valence-corrected chi connectivity index (χ2v) is 7.75. The van der Waals surface area contributed by atoms with Crippen LogP contribution in [0.5, 0.6) is 5.75 Å². The normalized spacial score (nSPS) is 24.1. The van der Waals surface area contributed by atoms with Crippen LogP contribution < -0.4 is 4.74 Å². The summed E-state index contributed by atoms with van der Waals surface area (Å²) in [5.74, 6) is 1.65. The van der Waals surface area contributed by atoms with Gasteiger partial charge in [0, 0.05) is 38.8 Å². The Morgan fingerprint density at radius 1 is 1.24 bits per heavy atom. The van der Waals surface area contributed by atoms with E-state index in [9.17, 15) is 0 Å². The Hall–Kier alpha value is -1.36. The van der Waals surface area contributed by atoms with Gasteiger partial charge >= 0.3 is 0 Å². The van der Waals surface area contributed by atoms with E-state index in [1.165, 1.54) is 37.1 Å². The molecule has 0 radical (unpaired) electrons. The van der Waals surface area contributed by atoms with Gasteiger partial charge in [-0.05, 0) is 50.3 Å². The highest BCUT2D eigenvalue weighted by Crippen LogP contribution is 2.29. The zero-order valence-electron chi connectivity index (χ0n) is 15.7. The molecule has 3 aliphatic heterocycles. The van der Waals surface area contributed by atoms with Gasteiger partial charge in [-0.1, -0.05) is 23.8 Å². The van der Waals surface area contributed by atoms with Crippen molar-refractivity contribution in [3.8, 4) is 5.75 Å². The van der Waals surface area contributed by atoms with Crippen molar-refractivity contribution in [1.82, 2.24) is 9.80 Å². The summed E-state index contributed by atoms with van der Waals surface area (Å²) in [5.41, 5.74) is 2.71. The highest BCUT2D eigenvalue weighted by Gasteiger charge is 2.34. The first-order chi connectivity index (χ1) is 12.1. The Labute approximate surface area is 152 Å². The minimum absolute atomic E-state index is 0.0568. The van der Waals surface area contributed by atoms with E-state index in [1.807, 2.05) is 6.07 Å². The second-order valence-electron chi connectivity index (χ2n) is 7.75. The number of aliphatic hydroxyl groups is 1. The van der Waals surface area contributed by atoms with Gasteiger partial charge in [-0.3, -0.25) is 9.80 Å². The number of aliphatic hydroxyl groups excluding tert-OH is 1. The minimum atomic E-state index is 0.0568. The van der Waals surface area contributed by atoms with Crippen LogP contribution >= 0.6 is 0 Å². The SMILES string of the molecule is CC(C)=CCN1C[C@H]2CC[C@@H]1CN(Cc1cccc(OCCO)c1)C2. The molecule has 138 valence electrons. The van der Waals surface area contributed by atoms with E-state index < -0.39 is 0 Å². The summed E-state index contributed by atoms with van der Waals surface area (Å²) in [5, 5.41) is 8.92. The van der Waals surface area contributed by atoms with Crippen molar-refractivity contribution in [2.45, 2.75) is 39.3 Å². The lowest BCUT2D eigenvalue weighted by Gasteiger charge is -2.35. The van der Waals surface area contributed by atoms with E-state index in [2.05, 4.69) is 47.9 Å². The first kappa shape index (κ1) is 18.4. The fourth-order valence-electron chi connectivity index (χ4n) is 4.08. The van der Waals surface area contributed by atoms with Crippen LogP contribution in [0.1, 0.15) is 32.3 Å². The van der Waals surface area contributed by atoms with Crippen LogP contribution in [0.4, 0.5) is 0 Å². The monoisotopic (exact) mass is 344 g/mol. The van der Waals surface area contributed by atoms with Crippen LogP contribution in [0.2, 0.25) is 0 Å². The van der Waals surface area contributed by atoms with Crippen molar-refractivity contribution >= 4 is 0 Å². The molecule has 1 aromatic carbocycles. The van der Waals surface area contributed by atoms with Crippen molar-refractivity contribution in [1.29, 1.82) is 0 Å². The minimum Gasteiger partial charge on any atom is -0.491 e. The third-order valence-corrected chi connectivity index (χ3v) is 5.30. The fraction of sp³-hybridized carbons (Fsp3) is 0.619. The largest absolute Gasteiger partial charge is 0.491 e. The number of rotatable bonds is 7. The summed E-state index contributed by atoms with van der Waals surface area (Å²) in [6, 6.07) is 8.99. The van der Waals surface area contributed by atoms with Crippen molar-refractivity contribution in [2.24, 2.45) is 5.92 Å². The smallest absolute Gasteiger partial charge is 0.119 e. The molecule has 0 unspecified atom stereocenters. The van der Waals surface area contributed by atoms with Crippen molar-refractivity contribution < 1.29 is 9.84 Å². The van der Waals surface area contributed by atoms with E-state index in [0.717, 1.165) is 31.3 Å². The summed E-state index contributed by atoms with van der Waals surface area (Å²) in [7, 11) is 0. The molecule has 0 spiro atoms. The van der Waals surface area contributed by atoms with Gasteiger partial charge in [0.1, 0.15) is 12.4 Å². The lowest BCUT2D eigenvalue weighted by molar-refractivity contribution is 0.146. The Morgan fingerprint density at radius 2 is 2.12 bits per heavy atom. The molecule has 4 nitrogen and oxygen atoms in total. The summed E-state index contributed by atoms with van der Waals surface area (Å²) in [4.78, 5) is 5.30. The number of nitrogens with zero attached hydrogens (tertiary/aromatic N) is 2. The predicted octanol–water partition coefficient (Wildman–Crippen LogP) is 2.92. The molecule has 0 aromatic heterocycles. The third-order valence-electron chi connectivity index (χ3n) is 5.30. The molecule has 3 heterocycles. The highest BCUT2D eigenvalue weighted by molar-refractivity contribution is 5.28. The number of hydrogen-bond acceptors (Lipinski definition) is 4. The quantitative estimate of drug-likeness (QED) is 0.772. The lowest BCUT2D eigenvalue weighted by atomic mass is 9.95. The number of benzene rings is 1. The van der Waals surface area contributed by atoms with Crippen LogP contribution in [0.15, 0.2) is 35.9 Å². The van der Waals surface area contributed by atoms with Crippen LogP contribution in [0, 0.1) is 5.92 Å². The molecule has 3 aliphatic rings. The first-order valence-corrected chi connectivity index (χ1v) is 9.56. The molecule has 3 fully saturated rings. The molecule has 2 atom stereocenters. The molecule has 0 amide bonds. The van der Waals surface area contributed by atoms with Crippen molar-refractivity contribution in [2.75, 3.05) is 39.4 Å². The number of fused-ring (bicyclic) bond motifs is 4. The van der Waals surface area contributed by atoms with E-state index in [1.54, 1.807) is 0 Å². The van der Waals surface area contributed by atoms with Gasteiger partial charge in [-0.15, -0.1) is 0 Å². The molecule has 4 rings (SSSR count). The zero-order valence-corrected chi connectivity index (χ0v) is 15.7. The summed E-state index contributed by atoms with van der Waals surface area (Å²) in [6.07, 6.45) is 5.07. The maximum absolute atomic E-state index is 8.92. The van der Waals surface area contributed by atoms with Crippen molar-refractivity contribution in [3.05, 3.63) is 41.5 Å². The molecule has 0 aliphatic carbocycles. The molecule has 0 saturated carbocycles. The summed E-state index contributed by atoms with van der Waals surface area (Å²) < 4.78 is 5.55. The van der Waals surface area contributed by atoms with Crippen molar-refractivity contribution in [3.63, 3.8) is 0 Å². The van der Waals surface area contributed by atoms with E-state index in [0.29, 0.717) is 12.6 Å². The topological polar surface area (TPSA) is 35.9 Å². The lowest BCUT2D eigenvalue weighted by Crippen LogP contribution is -2.43. The fourth-order valence-corrected chi connectivity index (χ4v) is 4.08. The van der Waals surface area contributed by atoms with Gasteiger partial charge in [0.2, 0.25) is 0 Å². The van der Waals surface area contributed by atoms with Crippen LogP contribution in [-0.2, 0) is 6.54 Å². The number of piperidine rings is 1. The molecular formula is C21H32N2O2. The van der Waals surface area contributed by atoms with E-state index in [4.69, 9.17) is 9.84 Å². The number of ether oxygens (including phenoxy) is 1. The van der Waals surface area contributed by atoms with Gasteiger partial charge in [0.25, 0.3) is 0 Å². The maximum Gasteiger partial charge on any atom is 0.119 e. The Kier molecular flexibility index (Phi) is 6.51. The highest BCUT2D eigenvalue weighted by atomic mass is 16.5. The molecule has 2 bridgehead atoms. The van der Waals surface area contributed by atoms with Gasteiger partial charge in [-0.2, -0.15) is 0 Å². The van der Waals surface area contributed by atoms with Gasteiger partial charge in [0.05, 0.1) is 6.61 Å². The first-order valence-electron chi connectivity index (χ1n) is 9.56. The van der Waals surface area contributed by atoms with Gasteiger partial charge in [0.15, 0.2) is 0 Å². The Morgan fingerprint density at radius 3 is 2.92 bits per heavy atom. The Bertz CT molecular complexity index is 583. The van der Waals surface area contributed by atoms with E-state index >= 15 is 0 Å². The molecule has 1 aromatic rings. The van der Waals surface area contributed by atoms with Crippen LogP contribution in [-0.4, -0.2) is 60.3 Å². The summed E-state index contributed by atoms with van der Waals surface area (Å²) in [6.45, 7) is 10.5. The van der Waals surface area contributed by atoms with Crippen LogP contribution in [0.25, 0.3) is 0 Å². The molecule has 1 N–H and O–H groups in total.